The zero-order valence-electron chi connectivity index (χ0n) is 12.1. The van der Waals surface area contributed by atoms with E-state index in [9.17, 15) is 14.3 Å². The summed E-state index contributed by atoms with van der Waals surface area (Å²) >= 11 is 0. The highest BCUT2D eigenvalue weighted by molar-refractivity contribution is 5.93. The van der Waals surface area contributed by atoms with Gasteiger partial charge in [-0.2, -0.15) is 0 Å². The minimum atomic E-state index is -1.23. The van der Waals surface area contributed by atoms with Gasteiger partial charge in [0.25, 0.3) is 0 Å². The van der Waals surface area contributed by atoms with Crippen molar-refractivity contribution in [3.63, 3.8) is 0 Å². The highest BCUT2D eigenvalue weighted by Crippen LogP contribution is 2.26. The number of carbonyl (C=O) groups is 1. The molecule has 23 heavy (non-hydrogen) atoms. The number of aromatic nitrogens is 3. The number of hydrogen-bond acceptors (Lipinski definition) is 4. The molecule has 3 rings (SSSR count). The van der Waals surface area contributed by atoms with Gasteiger partial charge in [0.05, 0.1) is 12.8 Å². The first-order valence-electron chi connectivity index (χ1n) is 6.69. The lowest BCUT2D eigenvalue weighted by atomic mass is 10.1. The van der Waals surface area contributed by atoms with E-state index in [1.54, 1.807) is 37.4 Å². The Morgan fingerprint density at radius 1 is 1.22 bits per heavy atom. The van der Waals surface area contributed by atoms with Crippen molar-refractivity contribution in [1.29, 1.82) is 0 Å². The van der Waals surface area contributed by atoms with E-state index in [1.165, 1.54) is 22.9 Å². The van der Waals surface area contributed by atoms with Gasteiger partial charge >= 0.3 is 5.97 Å². The van der Waals surface area contributed by atoms with Gasteiger partial charge in [0.15, 0.2) is 5.69 Å². The van der Waals surface area contributed by atoms with Crippen LogP contribution in [0.15, 0.2) is 48.5 Å². The summed E-state index contributed by atoms with van der Waals surface area (Å²) in [6.45, 7) is 0. The van der Waals surface area contributed by atoms with Gasteiger partial charge in [-0.3, -0.25) is 0 Å². The molecular weight excluding hydrogens is 301 g/mol. The molecule has 0 amide bonds. The fourth-order valence-corrected chi connectivity index (χ4v) is 2.22. The molecule has 0 atom stereocenters. The van der Waals surface area contributed by atoms with Gasteiger partial charge < -0.3 is 9.84 Å². The lowest BCUT2D eigenvalue weighted by Crippen LogP contribution is -2.03. The van der Waals surface area contributed by atoms with Crippen LogP contribution in [0.4, 0.5) is 4.39 Å². The number of methoxy groups -OCH3 is 1. The molecule has 0 fully saturated rings. The predicted molar refractivity (Wildman–Crippen MR) is 80.3 cm³/mol. The third-order valence-corrected chi connectivity index (χ3v) is 3.29. The number of carboxylic acids is 1. The second-order valence-electron chi connectivity index (χ2n) is 4.71. The fourth-order valence-electron chi connectivity index (χ4n) is 2.22. The predicted octanol–water partition coefficient (Wildman–Crippen LogP) is 2.78. The first-order chi connectivity index (χ1) is 11.1. The van der Waals surface area contributed by atoms with Crippen LogP contribution in [0.25, 0.3) is 16.9 Å². The van der Waals surface area contributed by atoms with Crippen LogP contribution in [-0.2, 0) is 0 Å². The van der Waals surface area contributed by atoms with Gasteiger partial charge in [0, 0.05) is 5.56 Å². The molecule has 1 aromatic heterocycles. The number of benzene rings is 2. The van der Waals surface area contributed by atoms with Gasteiger partial charge in [-0.15, -0.1) is 5.10 Å². The zero-order chi connectivity index (χ0) is 16.4. The second kappa shape index (κ2) is 5.88. The summed E-state index contributed by atoms with van der Waals surface area (Å²) in [6.07, 6.45) is 0. The molecule has 0 aliphatic carbocycles. The van der Waals surface area contributed by atoms with Crippen molar-refractivity contribution in [2.45, 2.75) is 0 Å². The molecule has 0 aliphatic rings. The van der Waals surface area contributed by atoms with Crippen LogP contribution in [-0.4, -0.2) is 33.2 Å². The minimum Gasteiger partial charge on any atom is -0.497 e. The molecule has 2 aromatic carbocycles. The van der Waals surface area contributed by atoms with E-state index in [-0.39, 0.29) is 11.4 Å². The standard InChI is InChI=1S/C16H12FN3O3/c1-23-13-7-5-12(6-8-13)20-15(14(16(21)22)18-19-20)10-3-2-4-11(17)9-10/h2-9H,1H3,(H,21,22). The van der Waals surface area contributed by atoms with Gasteiger partial charge in [-0.25, -0.2) is 13.9 Å². The second-order valence-corrected chi connectivity index (χ2v) is 4.71. The average molecular weight is 313 g/mol. The zero-order valence-corrected chi connectivity index (χ0v) is 12.1. The molecule has 0 aliphatic heterocycles. The number of carboxylic acid groups (broad SMARTS) is 1. The number of rotatable bonds is 4. The molecular formula is C16H12FN3O3. The van der Waals surface area contributed by atoms with Crippen LogP contribution in [0.1, 0.15) is 10.5 Å². The van der Waals surface area contributed by atoms with Crippen LogP contribution >= 0.6 is 0 Å². The third-order valence-electron chi connectivity index (χ3n) is 3.29. The Bertz CT molecular complexity index is 859. The number of hydrogen-bond donors (Lipinski definition) is 1. The van der Waals surface area contributed by atoms with Crippen molar-refractivity contribution in [3.05, 3.63) is 60.0 Å². The van der Waals surface area contributed by atoms with Crippen LogP contribution < -0.4 is 4.74 Å². The van der Waals surface area contributed by atoms with Crippen molar-refractivity contribution < 1.29 is 19.0 Å². The van der Waals surface area contributed by atoms with E-state index in [1.807, 2.05) is 0 Å². The quantitative estimate of drug-likeness (QED) is 0.801. The molecule has 0 unspecified atom stereocenters. The fraction of sp³-hybridized carbons (Fsp3) is 0.0625. The summed E-state index contributed by atoms with van der Waals surface area (Å²) in [7, 11) is 1.55. The molecule has 0 bridgehead atoms. The molecule has 0 saturated heterocycles. The molecule has 0 spiro atoms. The number of halogens is 1. The Balaban J connectivity index is 2.19. The largest absolute Gasteiger partial charge is 0.497 e. The molecule has 1 N–H and O–H groups in total. The third kappa shape index (κ3) is 2.76. The normalized spacial score (nSPS) is 10.5. The molecule has 7 heteroatoms. The molecule has 116 valence electrons. The minimum absolute atomic E-state index is 0.210. The first-order valence-corrected chi connectivity index (χ1v) is 6.69. The van der Waals surface area contributed by atoms with E-state index in [2.05, 4.69) is 10.3 Å². The Labute approximate surface area is 130 Å². The van der Waals surface area contributed by atoms with Crippen molar-refractivity contribution in [2.75, 3.05) is 7.11 Å². The Kier molecular flexibility index (Phi) is 3.76. The Morgan fingerprint density at radius 2 is 1.96 bits per heavy atom. The number of nitrogens with zero attached hydrogens (tertiary/aromatic N) is 3. The monoisotopic (exact) mass is 313 g/mol. The van der Waals surface area contributed by atoms with Crippen LogP contribution in [0, 0.1) is 5.82 Å². The summed E-state index contributed by atoms with van der Waals surface area (Å²) in [5, 5.41) is 16.9. The van der Waals surface area contributed by atoms with Gasteiger partial charge in [0.2, 0.25) is 0 Å². The first kappa shape index (κ1) is 14.7. The summed E-state index contributed by atoms with van der Waals surface area (Å²) in [6, 6.07) is 12.5. The van der Waals surface area contributed by atoms with Crippen molar-refractivity contribution in [3.8, 4) is 22.7 Å². The number of aromatic carboxylic acids is 1. The molecule has 3 aromatic rings. The molecule has 1 heterocycles. The summed E-state index contributed by atoms with van der Waals surface area (Å²) in [5.74, 6) is -1.05. The highest BCUT2D eigenvalue weighted by atomic mass is 19.1. The van der Waals surface area contributed by atoms with E-state index >= 15 is 0 Å². The average Bonchev–Trinajstić information content (AvgIpc) is 3.00. The van der Waals surface area contributed by atoms with E-state index in [0.717, 1.165) is 0 Å². The van der Waals surface area contributed by atoms with E-state index in [0.29, 0.717) is 17.0 Å². The highest BCUT2D eigenvalue weighted by Gasteiger charge is 2.21. The molecule has 6 nitrogen and oxygen atoms in total. The van der Waals surface area contributed by atoms with Crippen LogP contribution in [0.2, 0.25) is 0 Å². The SMILES string of the molecule is COc1ccc(-n2nnc(C(=O)O)c2-c2cccc(F)c2)cc1. The number of ether oxygens (including phenoxy) is 1. The topological polar surface area (TPSA) is 77.2 Å². The van der Waals surface area contributed by atoms with Gasteiger partial charge in [-0.05, 0) is 36.4 Å². The Hall–Kier alpha value is -3.22. The lowest BCUT2D eigenvalue weighted by Gasteiger charge is -2.08. The van der Waals surface area contributed by atoms with Gasteiger partial charge in [0.1, 0.15) is 17.3 Å². The van der Waals surface area contributed by atoms with Crippen LogP contribution in [0.5, 0.6) is 5.75 Å². The van der Waals surface area contributed by atoms with Gasteiger partial charge in [-0.1, -0.05) is 17.3 Å². The molecule has 0 radical (unpaired) electrons. The summed E-state index contributed by atoms with van der Waals surface area (Å²) < 4.78 is 20.0. The van der Waals surface area contributed by atoms with Crippen LogP contribution in [0.3, 0.4) is 0 Å². The maximum Gasteiger partial charge on any atom is 0.358 e. The van der Waals surface area contributed by atoms with E-state index in [4.69, 9.17) is 4.74 Å². The maximum atomic E-state index is 13.5. The van der Waals surface area contributed by atoms with Crippen molar-refractivity contribution in [2.24, 2.45) is 0 Å². The summed E-state index contributed by atoms with van der Waals surface area (Å²) in [4.78, 5) is 11.4. The Morgan fingerprint density at radius 3 is 2.57 bits per heavy atom. The summed E-state index contributed by atoms with van der Waals surface area (Å²) in [5.41, 5.74) is 0.932. The smallest absolute Gasteiger partial charge is 0.358 e. The van der Waals surface area contributed by atoms with Crippen molar-refractivity contribution in [1.82, 2.24) is 15.0 Å². The maximum absolute atomic E-state index is 13.5. The molecule has 0 saturated carbocycles. The van der Waals surface area contributed by atoms with E-state index < -0.39 is 11.8 Å². The van der Waals surface area contributed by atoms with Crippen molar-refractivity contribution >= 4 is 5.97 Å². The lowest BCUT2D eigenvalue weighted by molar-refractivity contribution is 0.0691.